The molecule has 0 bridgehead atoms. The van der Waals surface area contributed by atoms with Gasteiger partial charge in [-0.3, -0.25) is 9.59 Å². The first-order valence-corrected chi connectivity index (χ1v) is 9.76. The molecule has 1 aliphatic rings. The average molecular weight is 382 g/mol. The van der Waals surface area contributed by atoms with Crippen molar-refractivity contribution in [1.82, 2.24) is 10.2 Å². The van der Waals surface area contributed by atoms with Crippen LogP contribution in [0.2, 0.25) is 0 Å². The molecule has 1 saturated heterocycles. The minimum Gasteiger partial charge on any atom is -0.349 e. The van der Waals surface area contributed by atoms with Crippen LogP contribution in [0.5, 0.6) is 0 Å². The first kappa shape index (κ1) is 17.7. The molecule has 27 heavy (non-hydrogen) atoms. The van der Waals surface area contributed by atoms with Crippen molar-refractivity contribution in [2.24, 2.45) is 0 Å². The summed E-state index contributed by atoms with van der Waals surface area (Å²) in [7, 11) is 0. The van der Waals surface area contributed by atoms with Crippen molar-refractivity contribution in [1.29, 1.82) is 0 Å². The lowest BCUT2D eigenvalue weighted by Gasteiger charge is -2.32. The molecule has 4 rings (SSSR count). The molecule has 0 saturated carbocycles. The fraction of sp³-hybridized carbons (Fsp3) is 0.238. The molecule has 0 aliphatic carbocycles. The number of piperidine rings is 1. The maximum atomic E-state index is 13.0. The number of carbonyl (C=O) groups excluding carboxylic acids is 2. The maximum absolute atomic E-state index is 13.0. The summed E-state index contributed by atoms with van der Waals surface area (Å²) < 4.78 is 14.1. The predicted octanol–water partition coefficient (Wildman–Crippen LogP) is 4.08. The number of hydrogen-bond acceptors (Lipinski definition) is 3. The number of carbonyl (C=O) groups is 2. The number of amides is 2. The summed E-state index contributed by atoms with van der Waals surface area (Å²) in [4.78, 5) is 27.6. The smallest absolute Gasteiger partial charge is 0.263 e. The van der Waals surface area contributed by atoms with Crippen LogP contribution in [0.25, 0.3) is 10.1 Å². The second-order valence-electron chi connectivity index (χ2n) is 6.70. The zero-order valence-corrected chi connectivity index (χ0v) is 15.5. The molecule has 0 radical (unpaired) electrons. The molecule has 2 aromatic carbocycles. The van der Waals surface area contributed by atoms with Gasteiger partial charge in [-0.25, -0.2) is 4.39 Å². The summed E-state index contributed by atoms with van der Waals surface area (Å²) >= 11 is 1.52. The van der Waals surface area contributed by atoms with E-state index < -0.39 is 0 Å². The van der Waals surface area contributed by atoms with Gasteiger partial charge in [0.2, 0.25) is 0 Å². The van der Waals surface area contributed by atoms with Gasteiger partial charge in [0.15, 0.2) is 0 Å². The Morgan fingerprint density at radius 1 is 1.04 bits per heavy atom. The van der Waals surface area contributed by atoms with Crippen LogP contribution < -0.4 is 5.32 Å². The van der Waals surface area contributed by atoms with Crippen LogP contribution in [0, 0.1) is 5.82 Å². The van der Waals surface area contributed by atoms with Crippen LogP contribution in [0.4, 0.5) is 4.39 Å². The lowest BCUT2D eigenvalue weighted by molar-refractivity contribution is 0.0703. The van der Waals surface area contributed by atoms with Gasteiger partial charge in [0.1, 0.15) is 5.82 Å². The van der Waals surface area contributed by atoms with E-state index in [1.807, 2.05) is 35.2 Å². The van der Waals surface area contributed by atoms with Gasteiger partial charge in [-0.15, -0.1) is 11.3 Å². The van der Waals surface area contributed by atoms with E-state index in [2.05, 4.69) is 5.32 Å². The molecule has 2 heterocycles. The highest BCUT2D eigenvalue weighted by Crippen LogP contribution is 2.27. The summed E-state index contributed by atoms with van der Waals surface area (Å²) in [6.07, 6.45) is 1.42. The highest BCUT2D eigenvalue weighted by molar-refractivity contribution is 7.20. The van der Waals surface area contributed by atoms with Crippen molar-refractivity contribution in [2.75, 3.05) is 13.1 Å². The molecular weight excluding hydrogens is 363 g/mol. The molecule has 0 atom stereocenters. The van der Waals surface area contributed by atoms with Crippen molar-refractivity contribution < 1.29 is 14.0 Å². The summed E-state index contributed by atoms with van der Waals surface area (Å²) in [6.45, 7) is 1.23. The fourth-order valence-electron chi connectivity index (χ4n) is 3.34. The number of thiophene rings is 1. The molecule has 138 valence electrons. The second kappa shape index (κ2) is 7.48. The average Bonchev–Trinajstić information content (AvgIpc) is 3.13. The Bertz CT molecular complexity index is 942. The standard InChI is InChI=1S/C21H19FN2O2S/c22-16-7-5-14(6-8-16)20(25)23-17-9-11-24(12-10-17)21(26)19-13-15-3-1-2-4-18(15)27-19/h1-8,13,17H,9-12H2,(H,23,25). The van der Waals surface area contributed by atoms with Crippen LogP contribution in [-0.4, -0.2) is 35.8 Å². The Hall–Kier alpha value is -2.73. The van der Waals surface area contributed by atoms with Gasteiger partial charge in [0.25, 0.3) is 11.8 Å². The number of rotatable bonds is 3. The molecule has 1 N–H and O–H groups in total. The zero-order valence-electron chi connectivity index (χ0n) is 14.7. The van der Waals surface area contributed by atoms with Gasteiger partial charge in [-0.05, 0) is 54.6 Å². The van der Waals surface area contributed by atoms with Crippen LogP contribution in [0.15, 0.2) is 54.6 Å². The monoisotopic (exact) mass is 382 g/mol. The third-order valence-corrected chi connectivity index (χ3v) is 5.96. The van der Waals surface area contributed by atoms with Gasteiger partial charge in [-0.2, -0.15) is 0 Å². The Morgan fingerprint density at radius 2 is 1.74 bits per heavy atom. The minimum absolute atomic E-state index is 0.0222. The van der Waals surface area contributed by atoms with E-state index in [0.717, 1.165) is 15.0 Å². The number of likely N-dealkylation sites (tertiary alicyclic amines) is 1. The number of halogens is 1. The SMILES string of the molecule is O=C(NC1CCN(C(=O)c2cc3ccccc3s2)CC1)c1ccc(F)cc1. The topological polar surface area (TPSA) is 49.4 Å². The van der Waals surface area contributed by atoms with E-state index in [9.17, 15) is 14.0 Å². The van der Waals surface area contributed by atoms with Crippen LogP contribution in [-0.2, 0) is 0 Å². The largest absolute Gasteiger partial charge is 0.349 e. The molecule has 3 aromatic rings. The molecule has 4 nitrogen and oxygen atoms in total. The van der Waals surface area contributed by atoms with Crippen molar-refractivity contribution in [3.8, 4) is 0 Å². The van der Waals surface area contributed by atoms with E-state index in [4.69, 9.17) is 0 Å². The van der Waals surface area contributed by atoms with E-state index in [-0.39, 0.29) is 23.7 Å². The molecular formula is C21H19FN2O2S. The Morgan fingerprint density at radius 3 is 2.44 bits per heavy atom. The lowest BCUT2D eigenvalue weighted by atomic mass is 10.0. The van der Waals surface area contributed by atoms with Crippen LogP contribution in [0.3, 0.4) is 0 Å². The lowest BCUT2D eigenvalue weighted by Crippen LogP contribution is -2.46. The highest BCUT2D eigenvalue weighted by Gasteiger charge is 2.25. The first-order valence-electron chi connectivity index (χ1n) is 8.94. The van der Waals surface area contributed by atoms with Crippen LogP contribution >= 0.6 is 11.3 Å². The van der Waals surface area contributed by atoms with Gasteiger partial charge in [-0.1, -0.05) is 18.2 Å². The molecule has 0 spiro atoms. The third kappa shape index (κ3) is 3.85. The minimum atomic E-state index is -0.361. The molecule has 1 aliphatic heterocycles. The van der Waals surface area contributed by atoms with Gasteiger partial charge in [0.05, 0.1) is 4.88 Å². The predicted molar refractivity (Wildman–Crippen MR) is 105 cm³/mol. The van der Waals surface area contributed by atoms with Crippen molar-refractivity contribution >= 4 is 33.2 Å². The number of benzene rings is 2. The van der Waals surface area contributed by atoms with E-state index in [0.29, 0.717) is 31.5 Å². The first-order chi connectivity index (χ1) is 13.1. The van der Waals surface area contributed by atoms with E-state index >= 15 is 0 Å². The second-order valence-corrected chi connectivity index (χ2v) is 7.78. The summed E-state index contributed by atoms with van der Waals surface area (Å²) in [5.41, 5.74) is 0.445. The normalized spacial score (nSPS) is 15.1. The molecule has 0 unspecified atom stereocenters. The fourth-order valence-corrected chi connectivity index (χ4v) is 4.37. The highest BCUT2D eigenvalue weighted by atomic mass is 32.1. The number of hydrogen-bond donors (Lipinski definition) is 1. The Balaban J connectivity index is 1.35. The van der Waals surface area contributed by atoms with Gasteiger partial charge >= 0.3 is 0 Å². The molecule has 1 aromatic heterocycles. The zero-order chi connectivity index (χ0) is 18.8. The van der Waals surface area contributed by atoms with E-state index in [1.165, 1.54) is 35.6 Å². The van der Waals surface area contributed by atoms with Crippen molar-refractivity contribution in [3.63, 3.8) is 0 Å². The summed E-state index contributed by atoms with van der Waals surface area (Å²) in [5, 5.41) is 4.07. The number of nitrogens with one attached hydrogen (secondary N) is 1. The quantitative estimate of drug-likeness (QED) is 0.742. The van der Waals surface area contributed by atoms with Crippen molar-refractivity contribution in [2.45, 2.75) is 18.9 Å². The molecule has 2 amide bonds. The number of fused-ring (bicyclic) bond motifs is 1. The van der Waals surface area contributed by atoms with E-state index in [1.54, 1.807) is 0 Å². The molecule has 6 heteroatoms. The summed E-state index contributed by atoms with van der Waals surface area (Å²) in [5.74, 6) is -0.511. The van der Waals surface area contributed by atoms with Crippen LogP contribution in [0.1, 0.15) is 32.9 Å². The Kier molecular flexibility index (Phi) is 4.90. The van der Waals surface area contributed by atoms with Gasteiger partial charge < -0.3 is 10.2 Å². The summed E-state index contributed by atoms with van der Waals surface area (Å²) in [6, 6.07) is 15.5. The van der Waals surface area contributed by atoms with Crippen molar-refractivity contribution in [3.05, 3.63) is 70.9 Å². The maximum Gasteiger partial charge on any atom is 0.263 e. The van der Waals surface area contributed by atoms with Gasteiger partial charge in [0, 0.05) is 29.4 Å². The Labute approximate surface area is 160 Å². The third-order valence-electron chi connectivity index (χ3n) is 4.86. The molecule has 1 fully saturated rings. The number of nitrogens with zero attached hydrogens (tertiary/aromatic N) is 1.